The Morgan fingerprint density at radius 3 is 2.86 bits per heavy atom. The molecule has 76 valence electrons. The smallest absolute Gasteiger partial charge is 0.182 e. The van der Waals surface area contributed by atoms with Gasteiger partial charge in [0.2, 0.25) is 0 Å². The molecule has 0 fully saturated rings. The Labute approximate surface area is 96.6 Å². The molecular formula is C10H12BrNOS. The molecule has 0 saturated heterocycles. The van der Waals surface area contributed by atoms with E-state index in [1.165, 1.54) is 0 Å². The van der Waals surface area contributed by atoms with Crippen molar-refractivity contribution in [2.24, 2.45) is 0 Å². The first-order valence-corrected chi connectivity index (χ1v) is 6.28. The van der Waals surface area contributed by atoms with E-state index >= 15 is 0 Å². The number of rotatable bonds is 4. The fourth-order valence-corrected chi connectivity index (χ4v) is 2.37. The zero-order valence-corrected chi connectivity index (χ0v) is 10.6. The van der Waals surface area contributed by atoms with Gasteiger partial charge in [-0.1, -0.05) is 13.8 Å². The fraction of sp³-hybridized carbons (Fsp3) is 0.400. The first-order valence-electron chi connectivity index (χ1n) is 4.50. The topological polar surface area (TPSA) is 30.0 Å². The lowest BCUT2D eigenvalue weighted by Crippen LogP contribution is -2.02. The van der Waals surface area contributed by atoms with E-state index in [9.17, 15) is 4.79 Å². The van der Waals surface area contributed by atoms with Crippen molar-refractivity contribution in [2.45, 2.75) is 25.2 Å². The van der Waals surface area contributed by atoms with Gasteiger partial charge in [-0.15, -0.1) is 11.8 Å². The van der Waals surface area contributed by atoms with Crippen LogP contribution in [0.2, 0.25) is 0 Å². The van der Waals surface area contributed by atoms with Gasteiger partial charge in [-0.05, 0) is 27.7 Å². The molecule has 0 N–H and O–H groups in total. The van der Waals surface area contributed by atoms with Gasteiger partial charge in [0.15, 0.2) is 5.78 Å². The van der Waals surface area contributed by atoms with Crippen molar-refractivity contribution in [1.29, 1.82) is 0 Å². The molecule has 0 amide bonds. The molecule has 0 aliphatic carbocycles. The minimum atomic E-state index is 0.105. The molecule has 0 unspecified atom stereocenters. The molecule has 0 spiro atoms. The minimum absolute atomic E-state index is 0.105. The lowest BCUT2D eigenvalue weighted by molar-refractivity contribution is 0.0980. The Kier molecular flexibility index (Phi) is 4.62. The molecule has 0 radical (unpaired) electrons. The van der Waals surface area contributed by atoms with Gasteiger partial charge in [0.1, 0.15) is 5.69 Å². The summed E-state index contributed by atoms with van der Waals surface area (Å²) in [6.07, 6.45) is 2.18. The third-order valence-electron chi connectivity index (χ3n) is 1.70. The minimum Gasteiger partial charge on any atom is -0.292 e. The first kappa shape index (κ1) is 11.7. The Morgan fingerprint density at radius 1 is 1.57 bits per heavy atom. The number of carbonyl (C=O) groups is 1. The van der Waals surface area contributed by atoms with Crippen LogP contribution in [0.5, 0.6) is 0 Å². The molecule has 0 bridgehead atoms. The largest absolute Gasteiger partial charge is 0.292 e. The average molecular weight is 274 g/mol. The molecule has 0 aliphatic heterocycles. The second kappa shape index (κ2) is 5.51. The van der Waals surface area contributed by atoms with Crippen LogP contribution in [-0.4, -0.2) is 16.5 Å². The third kappa shape index (κ3) is 2.82. The summed E-state index contributed by atoms with van der Waals surface area (Å²) < 4.78 is 0.918. The van der Waals surface area contributed by atoms with Crippen LogP contribution in [0, 0.1) is 0 Å². The molecule has 1 aromatic heterocycles. The summed E-state index contributed by atoms with van der Waals surface area (Å²) in [5, 5.41) is 0. The highest BCUT2D eigenvalue weighted by Gasteiger charge is 2.11. The molecule has 2 nitrogen and oxygen atoms in total. The number of carbonyl (C=O) groups excluding carboxylic acids is 1. The lowest BCUT2D eigenvalue weighted by atomic mass is 10.2. The normalized spacial score (nSPS) is 10.2. The third-order valence-corrected chi connectivity index (χ3v) is 3.05. The molecule has 4 heteroatoms. The van der Waals surface area contributed by atoms with Crippen LogP contribution >= 0.6 is 27.7 Å². The van der Waals surface area contributed by atoms with E-state index in [0.717, 1.165) is 15.1 Å². The average Bonchev–Trinajstić information content (AvgIpc) is 2.17. The van der Waals surface area contributed by atoms with Gasteiger partial charge < -0.3 is 0 Å². The molecule has 1 rings (SSSR count). The zero-order valence-electron chi connectivity index (χ0n) is 8.21. The molecule has 0 aromatic carbocycles. The molecule has 1 heterocycles. The van der Waals surface area contributed by atoms with Crippen LogP contribution in [0.4, 0.5) is 0 Å². The summed E-state index contributed by atoms with van der Waals surface area (Å²) in [4.78, 5) is 16.6. The standard InChI is InChI=1S/C10H12BrNOS/c1-3-8(13)10-9(14-4-2)5-7(11)6-12-10/h5-6H,3-4H2,1-2H3. The summed E-state index contributed by atoms with van der Waals surface area (Å²) in [6.45, 7) is 3.91. The number of hydrogen-bond acceptors (Lipinski definition) is 3. The Balaban J connectivity index is 3.07. The highest BCUT2D eigenvalue weighted by atomic mass is 79.9. The van der Waals surface area contributed by atoms with Crippen molar-refractivity contribution in [3.05, 3.63) is 22.4 Å². The number of pyridine rings is 1. The van der Waals surface area contributed by atoms with Crippen molar-refractivity contribution < 1.29 is 4.79 Å². The molecule has 0 saturated carbocycles. The Hall–Kier alpha value is -0.350. The maximum absolute atomic E-state index is 11.5. The molecule has 1 aromatic rings. The van der Waals surface area contributed by atoms with E-state index in [-0.39, 0.29) is 5.78 Å². The van der Waals surface area contributed by atoms with Gasteiger partial charge in [-0.3, -0.25) is 9.78 Å². The first-order chi connectivity index (χ1) is 6.69. The van der Waals surface area contributed by atoms with E-state index < -0.39 is 0 Å². The monoisotopic (exact) mass is 273 g/mol. The van der Waals surface area contributed by atoms with E-state index in [2.05, 4.69) is 27.8 Å². The molecule has 0 atom stereocenters. The Morgan fingerprint density at radius 2 is 2.29 bits per heavy atom. The van der Waals surface area contributed by atoms with Gasteiger partial charge in [0.25, 0.3) is 0 Å². The number of thioether (sulfide) groups is 1. The predicted molar refractivity (Wildman–Crippen MR) is 63.0 cm³/mol. The lowest BCUT2D eigenvalue weighted by Gasteiger charge is -2.05. The van der Waals surface area contributed by atoms with Crippen LogP contribution in [0.3, 0.4) is 0 Å². The Bertz CT molecular complexity index is 341. The number of aromatic nitrogens is 1. The zero-order chi connectivity index (χ0) is 10.6. The summed E-state index contributed by atoms with van der Waals surface area (Å²) in [7, 11) is 0. The molecule has 0 aliphatic rings. The van der Waals surface area contributed by atoms with Crippen LogP contribution < -0.4 is 0 Å². The van der Waals surface area contributed by atoms with Crippen molar-refractivity contribution in [3.63, 3.8) is 0 Å². The SMILES string of the molecule is CCSc1cc(Br)cnc1C(=O)CC. The number of ketones is 1. The second-order valence-corrected chi connectivity index (χ2v) is 4.93. The van der Waals surface area contributed by atoms with Gasteiger partial charge in [0, 0.05) is 22.0 Å². The maximum atomic E-state index is 11.5. The van der Waals surface area contributed by atoms with Crippen LogP contribution in [0.15, 0.2) is 21.6 Å². The summed E-state index contributed by atoms with van der Waals surface area (Å²) in [5.41, 5.74) is 0.600. The van der Waals surface area contributed by atoms with E-state index in [0.29, 0.717) is 12.1 Å². The van der Waals surface area contributed by atoms with Crippen LogP contribution in [0.25, 0.3) is 0 Å². The predicted octanol–water partition coefficient (Wildman–Crippen LogP) is 3.55. The van der Waals surface area contributed by atoms with Crippen molar-refractivity contribution in [1.82, 2.24) is 4.98 Å². The molecule has 14 heavy (non-hydrogen) atoms. The van der Waals surface area contributed by atoms with Crippen molar-refractivity contribution in [2.75, 3.05) is 5.75 Å². The second-order valence-electron chi connectivity index (χ2n) is 2.71. The number of nitrogens with zero attached hydrogens (tertiary/aromatic N) is 1. The maximum Gasteiger partial charge on any atom is 0.182 e. The van der Waals surface area contributed by atoms with Crippen LogP contribution in [-0.2, 0) is 0 Å². The van der Waals surface area contributed by atoms with Gasteiger partial charge in [-0.25, -0.2) is 0 Å². The highest BCUT2D eigenvalue weighted by molar-refractivity contribution is 9.10. The number of hydrogen-bond donors (Lipinski definition) is 0. The van der Waals surface area contributed by atoms with Gasteiger partial charge >= 0.3 is 0 Å². The van der Waals surface area contributed by atoms with Crippen LogP contribution in [0.1, 0.15) is 30.8 Å². The quantitative estimate of drug-likeness (QED) is 0.621. The van der Waals surface area contributed by atoms with Gasteiger partial charge in [-0.2, -0.15) is 0 Å². The summed E-state index contributed by atoms with van der Waals surface area (Å²) >= 11 is 5.00. The number of Topliss-reactive ketones (excluding diaryl/α,β-unsaturated/α-hetero) is 1. The number of halogens is 1. The van der Waals surface area contributed by atoms with Crippen molar-refractivity contribution in [3.8, 4) is 0 Å². The molecular weight excluding hydrogens is 262 g/mol. The van der Waals surface area contributed by atoms with Gasteiger partial charge in [0.05, 0.1) is 0 Å². The van der Waals surface area contributed by atoms with E-state index in [4.69, 9.17) is 0 Å². The highest BCUT2D eigenvalue weighted by Crippen LogP contribution is 2.25. The van der Waals surface area contributed by atoms with E-state index in [1.807, 2.05) is 13.0 Å². The van der Waals surface area contributed by atoms with E-state index in [1.54, 1.807) is 18.0 Å². The fourth-order valence-electron chi connectivity index (χ4n) is 1.06. The summed E-state index contributed by atoms with van der Waals surface area (Å²) in [5.74, 6) is 1.05. The van der Waals surface area contributed by atoms with Crippen molar-refractivity contribution >= 4 is 33.5 Å². The summed E-state index contributed by atoms with van der Waals surface area (Å²) in [6, 6.07) is 1.95.